The number of benzene rings is 6. The van der Waals surface area contributed by atoms with Gasteiger partial charge in [-0.15, -0.1) is 48.3 Å². The molecule has 3 heterocycles. The number of fused-ring (bicyclic) bond motifs is 6. The third-order valence-electron chi connectivity index (χ3n) is 9.53. The first kappa shape index (κ1) is 33.5. The molecule has 7 aromatic rings. The van der Waals surface area contributed by atoms with Crippen LogP contribution in [0.3, 0.4) is 0 Å². The average Bonchev–Trinajstić information content (AvgIpc) is 3.50. The van der Waals surface area contributed by atoms with E-state index in [-0.39, 0.29) is 25.8 Å². The van der Waals surface area contributed by atoms with Gasteiger partial charge < -0.3 is 19.4 Å². The maximum atomic E-state index is 6.58. The van der Waals surface area contributed by atoms with Crippen molar-refractivity contribution in [3.63, 3.8) is 0 Å². The van der Waals surface area contributed by atoms with Gasteiger partial charge in [0, 0.05) is 60.7 Å². The summed E-state index contributed by atoms with van der Waals surface area (Å²) < 4.78 is 6.58. The Balaban J connectivity index is 0.00000387. The summed E-state index contributed by atoms with van der Waals surface area (Å²) >= 11 is 0. The van der Waals surface area contributed by atoms with E-state index in [1.807, 2.05) is 42.6 Å². The molecule has 0 amide bonds. The van der Waals surface area contributed by atoms with Crippen LogP contribution in [0.5, 0.6) is 11.5 Å². The van der Waals surface area contributed by atoms with E-state index in [9.17, 15) is 0 Å². The standard InChI is InChI=1S/C46H35N4O.Pd/c1-46(2,3)32-22-24-33(25-23-32)48-31-49(43-20-9-8-19-42(43)48)34-13-12-14-35(29-34)51-36-26-27-40-38-16-5-4-15-37(38)39-17-6-7-18-41(39)50(44(40)30-36)45-21-10-11-28-47-45;/h4-28,31H,1-3H3;/q-3;. The van der Waals surface area contributed by atoms with Crippen molar-refractivity contribution >= 4 is 39.9 Å². The van der Waals surface area contributed by atoms with Gasteiger partial charge in [-0.25, -0.2) is 4.98 Å². The smallest absolute Gasteiger partial charge is 0.135 e. The van der Waals surface area contributed by atoms with E-state index in [2.05, 4.69) is 163 Å². The fourth-order valence-electron chi connectivity index (χ4n) is 7.00. The Kier molecular flexibility index (Phi) is 8.67. The average molecular weight is 766 g/mol. The molecule has 9 rings (SSSR count). The summed E-state index contributed by atoms with van der Waals surface area (Å²) in [6, 6.07) is 57.5. The molecule has 0 aliphatic carbocycles. The number of pyridine rings is 1. The van der Waals surface area contributed by atoms with E-state index >= 15 is 0 Å². The van der Waals surface area contributed by atoms with Gasteiger partial charge >= 0.3 is 0 Å². The van der Waals surface area contributed by atoms with Crippen molar-refractivity contribution in [2.45, 2.75) is 26.2 Å². The van der Waals surface area contributed by atoms with E-state index in [0.717, 1.165) is 62.2 Å². The maximum absolute atomic E-state index is 6.58. The largest absolute Gasteiger partial charge is 0.509 e. The number of ether oxygens (including phenoxy) is 1. The molecule has 2 aliphatic rings. The summed E-state index contributed by atoms with van der Waals surface area (Å²) in [5.74, 6) is 1.99. The predicted octanol–water partition coefficient (Wildman–Crippen LogP) is 12.3. The van der Waals surface area contributed by atoms with E-state index in [1.165, 1.54) is 5.56 Å². The first-order chi connectivity index (χ1) is 24.9. The Labute approximate surface area is 319 Å². The molecular weight excluding hydrogens is 731 g/mol. The maximum Gasteiger partial charge on any atom is 0.135 e. The first-order valence-corrected chi connectivity index (χ1v) is 17.2. The van der Waals surface area contributed by atoms with Crippen LogP contribution in [-0.4, -0.2) is 4.98 Å². The molecule has 0 atom stereocenters. The summed E-state index contributed by atoms with van der Waals surface area (Å²) in [4.78, 5) is 11.3. The molecule has 0 saturated heterocycles. The van der Waals surface area contributed by atoms with Crippen LogP contribution in [0.1, 0.15) is 26.3 Å². The van der Waals surface area contributed by atoms with Crippen LogP contribution < -0.4 is 19.4 Å². The molecule has 0 fully saturated rings. The Hall–Kier alpha value is -5.67. The molecule has 52 heavy (non-hydrogen) atoms. The number of hydrogen-bond acceptors (Lipinski definition) is 5. The van der Waals surface area contributed by atoms with Crippen LogP contribution in [0.25, 0.3) is 22.3 Å². The molecule has 0 spiro atoms. The van der Waals surface area contributed by atoms with E-state index < -0.39 is 0 Å². The van der Waals surface area contributed by atoms with Gasteiger partial charge in [0.05, 0.1) is 5.69 Å². The van der Waals surface area contributed by atoms with Crippen LogP contribution in [0.4, 0.5) is 39.9 Å². The van der Waals surface area contributed by atoms with Gasteiger partial charge in [0.15, 0.2) is 0 Å². The second-order valence-electron chi connectivity index (χ2n) is 13.8. The normalized spacial score (nSPS) is 12.9. The van der Waals surface area contributed by atoms with Crippen molar-refractivity contribution in [2.24, 2.45) is 0 Å². The third-order valence-corrected chi connectivity index (χ3v) is 9.53. The van der Waals surface area contributed by atoms with Crippen molar-refractivity contribution < 1.29 is 25.2 Å². The molecule has 0 unspecified atom stereocenters. The van der Waals surface area contributed by atoms with Crippen LogP contribution in [-0.2, 0) is 25.8 Å². The number of rotatable bonds is 5. The zero-order chi connectivity index (χ0) is 34.5. The molecule has 258 valence electrons. The minimum absolute atomic E-state index is 0. The molecular formula is C46H35N4OPd-3. The van der Waals surface area contributed by atoms with Gasteiger partial charge in [0.1, 0.15) is 5.82 Å². The van der Waals surface area contributed by atoms with Crippen LogP contribution in [0.15, 0.2) is 152 Å². The minimum atomic E-state index is 0. The fraction of sp³-hybridized carbons (Fsp3) is 0.0870. The van der Waals surface area contributed by atoms with Gasteiger partial charge in [0.25, 0.3) is 0 Å². The second kappa shape index (κ2) is 13.5. The first-order valence-electron chi connectivity index (χ1n) is 17.2. The van der Waals surface area contributed by atoms with Crippen molar-refractivity contribution in [3.8, 4) is 33.8 Å². The Morgan fingerprint density at radius 3 is 1.90 bits per heavy atom. The SMILES string of the molecule is CC(C)(C)c1ccc(N2[CH-]N(c3[c-]c(Oc4[c-]c5c(cc4)-c4ccccc4-c4ccccc4N5c4ccccn4)ccc3)c3ccccc32)cc1.[Pd]. The number of hydrogen-bond donors (Lipinski definition) is 0. The molecule has 6 aromatic carbocycles. The fourth-order valence-corrected chi connectivity index (χ4v) is 7.00. The van der Waals surface area contributed by atoms with Gasteiger partial charge in [-0.1, -0.05) is 105 Å². The number of para-hydroxylation sites is 3. The number of anilines is 7. The third kappa shape index (κ3) is 5.94. The van der Waals surface area contributed by atoms with Gasteiger partial charge in [-0.05, 0) is 59.0 Å². The molecule has 0 bridgehead atoms. The number of nitrogens with zero attached hydrogens (tertiary/aromatic N) is 4. The molecule has 0 saturated carbocycles. The van der Waals surface area contributed by atoms with Crippen molar-refractivity contribution in [3.05, 3.63) is 176 Å². The molecule has 0 N–H and O–H groups in total. The summed E-state index contributed by atoms with van der Waals surface area (Å²) in [5, 5.41) is 0. The topological polar surface area (TPSA) is 31.8 Å². The minimum Gasteiger partial charge on any atom is -0.509 e. The zero-order valence-electron chi connectivity index (χ0n) is 29.0. The van der Waals surface area contributed by atoms with Crippen molar-refractivity contribution in [1.82, 2.24) is 4.98 Å². The molecule has 5 nitrogen and oxygen atoms in total. The monoisotopic (exact) mass is 765 g/mol. The van der Waals surface area contributed by atoms with Crippen molar-refractivity contribution in [1.29, 1.82) is 0 Å². The zero-order valence-corrected chi connectivity index (χ0v) is 30.6. The molecule has 0 radical (unpaired) electrons. The van der Waals surface area contributed by atoms with Crippen LogP contribution in [0.2, 0.25) is 0 Å². The van der Waals surface area contributed by atoms with Gasteiger partial charge in [0.2, 0.25) is 0 Å². The van der Waals surface area contributed by atoms with E-state index in [0.29, 0.717) is 11.5 Å². The molecule has 6 heteroatoms. The van der Waals surface area contributed by atoms with Crippen LogP contribution in [0, 0.1) is 18.8 Å². The van der Waals surface area contributed by atoms with E-state index in [1.54, 1.807) is 0 Å². The predicted molar refractivity (Wildman–Crippen MR) is 208 cm³/mol. The number of aromatic nitrogens is 1. The van der Waals surface area contributed by atoms with Gasteiger partial charge in [-0.3, -0.25) is 0 Å². The van der Waals surface area contributed by atoms with Gasteiger partial charge in [-0.2, -0.15) is 12.1 Å². The Bertz CT molecular complexity index is 2390. The quantitative estimate of drug-likeness (QED) is 0.129. The Morgan fingerprint density at radius 2 is 1.19 bits per heavy atom. The molecule has 1 aromatic heterocycles. The summed E-state index contributed by atoms with van der Waals surface area (Å²) in [7, 11) is 0. The molecule has 2 aliphatic heterocycles. The second-order valence-corrected chi connectivity index (χ2v) is 13.8. The summed E-state index contributed by atoms with van der Waals surface area (Å²) in [6.07, 6.45) is 1.83. The summed E-state index contributed by atoms with van der Waals surface area (Å²) in [5.41, 5.74) is 11.9. The Morgan fingerprint density at radius 1 is 0.558 bits per heavy atom. The summed E-state index contributed by atoms with van der Waals surface area (Å²) in [6.45, 7) is 8.85. The van der Waals surface area contributed by atoms with Crippen LogP contribution >= 0.6 is 0 Å². The van der Waals surface area contributed by atoms with Crippen molar-refractivity contribution in [2.75, 3.05) is 14.7 Å². The van der Waals surface area contributed by atoms with E-state index in [4.69, 9.17) is 9.72 Å².